The number of aliphatic hydroxyl groups is 14. The number of azide groups is 7. The molecular weight excluding hydrogens is 1250 g/mol. The normalized spacial score (nSPS) is 47.7. The molecule has 0 aromatic rings. The molecule has 21 aliphatic rings. The summed E-state index contributed by atoms with van der Waals surface area (Å²) in [5, 5.41) is 187. The minimum absolute atomic E-state index is 0.804. The average Bonchev–Trinajstić information content (AvgIpc) is 0.799. The van der Waals surface area contributed by atoms with Gasteiger partial charge in [-0.15, -0.1) is 0 Å². The lowest BCUT2D eigenvalue weighted by molar-refractivity contribution is -0.391. The van der Waals surface area contributed by atoms with Crippen LogP contribution in [0.1, 0.15) is 0 Å². The topological polar surface area (TPSA) is 754 Å². The van der Waals surface area contributed by atoms with Gasteiger partial charge < -0.3 is 138 Å². The van der Waals surface area contributed by atoms with Gasteiger partial charge in [-0.3, -0.25) is 0 Å². The zero-order valence-electron chi connectivity index (χ0n) is 46.5. The number of nitrogens with zero attached hydrogens (tertiary/aromatic N) is 21. The van der Waals surface area contributed by atoms with Gasteiger partial charge in [-0.05, 0) is 38.7 Å². The highest BCUT2D eigenvalue weighted by Crippen LogP contribution is 2.39. The van der Waals surface area contributed by atoms with Gasteiger partial charge in [-0.1, -0.05) is 35.8 Å². The molecule has 21 heterocycles. The summed E-state index contributed by atoms with van der Waals surface area (Å²) in [7, 11) is 0. The van der Waals surface area contributed by atoms with Gasteiger partial charge in [-0.2, -0.15) is 0 Å². The smallest absolute Gasteiger partial charge is 0.187 e. The molecule has 0 amide bonds. The second-order valence-corrected chi connectivity index (χ2v) is 21.3. The summed E-state index contributed by atoms with van der Waals surface area (Å²) in [6.07, 6.45) is -73.2. The van der Waals surface area contributed by atoms with Crippen LogP contribution >= 0.6 is 0 Å². The quantitative estimate of drug-likeness (QED) is 0.0437. The predicted molar refractivity (Wildman–Crippen MR) is 277 cm³/mol. The van der Waals surface area contributed by atoms with E-state index in [4.69, 9.17) is 66.3 Å². The third kappa shape index (κ3) is 15.7. The second kappa shape index (κ2) is 32.3. The minimum atomic E-state index is -2.31. The van der Waals surface area contributed by atoms with Crippen LogP contribution in [0.2, 0.25) is 0 Å². The van der Waals surface area contributed by atoms with Crippen LogP contribution in [0.3, 0.4) is 0 Å². The van der Waals surface area contributed by atoms with Crippen LogP contribution in [0.15, 0.2) is 35.8 Å². The van der Waals surface area contributed by atoms with Crippen molar-refractivity contribution in [1.29, 1.82) is 0 Å². The van der Waals surface area contributed by atoms with Gasteiger partial charge in [0.25, 0.3) is 0 Å². The zero-order chi connectivity index (χ0) is 66.0. The molecule has 504 valence electrons. The molecule has 91 heavy (non-hydrogen) atoms. The molecule has 49 heteroatoms. The van der Waals surface area contributed by atoms with Gasteiger partial charge in [0.1, 0.15) is 128 Å². The van der Waals surface area contributed by atoms with Crippen LogP contribution in [0.4, 0.5) is 0 Å². The highest BCUT2D eigenvalue weighted by molar-refractivity contribution is 5.03. The Balaban J connectivity index is 1.17. The van der Waals surface area contributed by atoms with E-state index in [-0.39, 0.29) is 0 Å². The summed E-state index contributed by atoms with van der Waals surface area (Å²) < 4.78 is 82.3. The Kier molecular flexibility index (Phi) is 25.1. The number of rotatable bonds is 14. The molecule has 0 aromatic carbocycles. The van der Waals surface area contributed by atoms with Crippen LogP contribution in [-0.4, -0.2) is 332 Å². The Morgan fingerprint density at radius 1 is 0.187 bits per heavy atom. The van der Waals surface area contributed by atoms with Crippen LogP contribution in [0.25, 0.3) is 73.1 Å². The lowest BCUT2D eigenvalue weighted by Gasteiger charge is -2.50. The minimum Gasteiger partial charge on any atom is -0.387 e. The summed E-state index contributed by atoms with van der Waals surface area (Å²) in [5.74, 6) is 0. The Hall–Kier alpha value is -5.95. The Bertz CT molecular complexity index is 2290. The first-order valence-electron chi connectivity index (χ1n) is 27.4. The molecule has 21 fully saturated rings. The molecule has 21 aliphatic heterocycles. The van der Waals surface area contributed by atoms with Crippen LogP contribution in [-0.2, 0) is 66.3 Å². The SMILES string of the molecule is [N-]=[N+]=NC[C@H]1O[C@@H]2O[C@H]3[C@@H](O)[C@H](O)[C@@H](O[C@H]4[C@@H](O)[C@H](O)[C@@H](O[C@H]5[C@@H](O)[C@H](O)[C@@H](O[C@H]6[C@@H](O)[C@H](O)[C@@H](O[C@H]7[C@@H](O)[C@H](O)[C@@H](O[C@H]8[C@H](O)[C@H](O)[C@@H](O[C@H]1[C@H](O)[C@@H]2O)O[C@@H]8CN=[N+]=[N-])O[C@@H]7CN=[N+]=[N-])O[C@@H]6CN=[N+]=[N-])O[C@@H]5CN=[N+]=[N-])O[C@@H]4CN=[N+]=[N-])O[C@@H]3CN=[N+]=[N-]. The average molecular weight is 1310 g/mol. The molecule has 35 atom stereocenters. The van der Waals surface area contributed by atoms with E-state index in [1.807, 2.05) is 0 Å². The number of hydrogen-bond acceptors (Lipinski definition) is 35. The van der Waals surface area contributed by atoms with Crippen molar-refractivity contribution >= 4 is 0 Å². The maximum absolute atomic E-state index is 11.7. The number of ether oxygens (including phenoxy) is 14. The summed E-state index contributed by atoms with van der Waals surface area (Å²) >= 11 is 0. The first kappa shape index (κ1) is 70.9. The molecule has 0 aliphatic carbocycles. The monoisotopic (exact) mass is 1310 g/mol. The van der Waals surface area contributed by atoms with Crippen LogP contribution < -0.4 is 0 Å². The fourth-order valence-corrected chi connectivity index (χ4v) is 11.2. The fraction of sp³-hybridized carbons (Fsp3) is 1.00. The standard InChI is InChI=1S/C42H63N21O28/c43-57-50-1-8-29-15(64)22(71)36(78-8)86-30-9(2-51-58-44)80-38(24(73)17(30)66)88-32-11(4-53-60-46)82-40(26(75)19(32)68)90-34-13(6-55-62-48)84-42(28(77)21(34)70)91-35-14(7-56-63-49)83-41(27(76)20(35)69)89-33-12(5-54-61-47)81-39(25(74)18(33)67)87-31-10(3-52-59-45)79-37(85-29)23(72)16(31)65/h8-42,64-77H,1-7H2/t8-,9-,10-,11-,12-,13-,14-,15-,16-,17+,18+,19+,20+,21+,22+,23+,24+,25+,26+,27+,28+,29-,30-,31-,32-,33-,34-,35-,36-,37-,38-,39-,40-,41-,42-/m1/s1. The molecular formula is C42H63N21O28. The van der Waals surface area contributed by atoms with E-state index in [2.05, 4.69) is 70.2 Å². The van der Waals surface area contributed by atoms with Gasteiger partial charge in [-0.25, -0.2) is 0 Å². The molecule has 0 saturated carbocycles. The maximum atomic E-state index is 11.7. The van der Waals surface area contributed by atoms with Crippen molar-refractivity contribution in [2.24, 2.45) is 35.8 Å². The van der Waals surface area contributed by atoms with Crippen molar-refractivity contribution in [3.63, 3.8) is 0 Å². The van der Waals surface area contributed by atoms with E-state index in [1.165, 1.54) is 0 Å². The van der Waals surface area contributed by atoms with Crippen LogP contribution in [0.5, 0.6) is 0 Å². The van der Waals surface area contributed by atoms with Crippen molar-refractivity contribution in [2.45, 2.75) is 215 Å². The summed E-state index contributed by atoms with van der Waals surface area (Å²) in [4.78, 5) is 18.6. The Morgan fingerprint density at radius 2 is 0.297 bits per heavy atom. The van der Waals surface area contributed by atoms with E-state index >= 15 is 0 Å². The predicted octanol–water partition coefficient (Wildman–Crippen LogP) is -6.00. The van der Waals surface area contributed by atoms with Gasteiger partial charge in [0, 0.05) is 34.4 Å². The van der Waals surface area contributed by atoms with E-state index in [1.54, 1.807) is 0 Å². The summed E-state index contributed by atoms with van der Waals surface area (Å²) in [6, 6.07) is 0. The molecule has 0 radical (unpaired) electrons. The lowest BCUT2D eigenvalue weighted by atomic mass is 9.94. The first-order valence-corrected chi connectivity index (χ1v) is 27.4. The van der Waals surface area contributed by atoms with E-state index in [0.29, 0.717) is 0 Å². The fourth-order valence-electron chi connectivity index (χ4n) is 11.2. The Morgan fingerprint density at radius 3 is 0.396 bits per heavy atom. The maximum Gasteiger partial charge on any atom is 0.187 e. The first-order chi connectivity index (χ1) is 43.7. The number of hydrogen-bond donors (Lipinski definition) is 14. The zero-order valence-corrected chi connectivity index (χ0v) is 46.5. The molecule has 0 aromatic heterocycles. The molecule has 14 N–H and O–H groups in total. The van der Waals surface area contributed by atoms with Crippen molar-refractivity contribution in [2.75, 3.05) is 45.8 Å². The molecule has 21 saturated heterocycles. The van der Waals surface area contributed by atoms with Crippen molar-refractivity contribution in [3.8, 4) is 0 Å². The highest BCUT2D eigenvalue weighted by atomic mass is 16.8. The third-order valence-electron chi connectivity index (χ3n) is 15.8. The van der Waals surface area contributed by atoms with Gasteiger partial charge >= 0.3 is 0 Å². The molecule has 49 nitrogen and oxygen atoms in total. The van der Waals surface area contributed by atoms with E-state index in [0.717, 1.165) is 0 Å². The van der Waals surface area contributed by atoms with Crippen molar-refractivity contribution < 1.29 is 138 Å². The van der Waals surface area contributed by atoms with Crippen molar-refractivity contribution in [1.82, 2.24) is 0 Å². The molecule has 21 rings (SSSR count). The molecule has 0 spiro atoms. The lowest BCUT2D eigenvalue weighted by Crippen LogP contribution is -2.68. The number of aliphatic hydroxyl groups excluding tert-OH is 14. The third-order valence-corrected chi connectivity index (χ3v) is 15.8. The molecule has 0 unspecified atom stereocenters. The van der Waals surface area contributed by atoms with E-state index in [9.17, 15) is 110 Å². The van der Waals surface area contributed by atoms with Gasteiger partial charge in [0.15, 0.2) is 44.0 Å². The van der Waals surface area contributed by atoms with Gasteiger partial charge in [0.2, 0.25) is 0 Å². The van der Waals surface area contributed by atoms with Crippen molar-refractivity contribution in [3.05, 3.63) is 73.1 Å². The van der Waals surface area contributed by atoms with E-state index < -0.39 is 261 Å². The largest absolute Gasteiger partial charge is 0.387 e. The highest BCUT2D eigenvalue weighted by Gasteiger charge is 2.59. The second-order valence-electron chi connectivity index (χ2n) is 21.3. The summed E-state index contributed by atoms with van der Waals surface area (Å²) in [6.45, 7) is -5.63. The van der Waals surface area contributed by atoms with Gasteiger partial charge in [0.05, 0.1) is 88.5 Å². The van der Waals surface area contributed by atoms with Crippen LogP contribution in [0, 0.1) is 0 Å². The Labute approximate surface area is 506 Å². The summed E-state index contributed by atoms with van der Waals surface area (Å²) in [5.41, 5.74) is 65.3. The molecule has 14 bridgehead atoms.